The molecule has 8 nitrogen and oxygen atoms in total. The first-order valence-electron chi connectivity index (χ1n) is 7.40. The van der Waals surface area contributed by atoms with E-state index in [1.807, 2.05) is 0 Å². The number of hydrogen-bond acceptors (Lipinski definition) is 6. The molecule has 2 aliphatic heterocycles. The standard InChI is InChI=1S/C14H16N4O4S/c19-23(20,12-1-2-13-14(9-12)22-8-7-21-13)17-6-3-11(10-17)18-15-4-5-16-18/h1-2,4-5,9,11H,3,6-8,10H2/t11-/m1/s1. The van der Waals surface area contributed by atoms with Gasteiger partial charge in [-0.1, -0.05) is 0 Å². The summed E-state index contributed by atoms with van der Waals surface area (Å²) in [6.07, 6.45) is 3.88. The third-order valence-electron chi connectivity index (χ3n) is 4.04. The highest BCUT2D eigenvalue weighted by Crippen LogP contribution is 2.34. The Labute approximate surface area is 133 Å². The van der Waals surface area contributed by atoms with Crippen LogP contribution in [-0.4, -0.2) is 54.0 Å². The zero-order valence-electron chi connectivity index (χ0n) is 12.3. The molecule has 1 fully saturated rings. The van der Waals surface area contributed by atoms with Gasteiger partial charge in [0, 0.05) is 19.2 Å². The van der Waals surface area contributed by atoms with E-state index in [9.17, 15) is 8.42 Å². The van der Waals surface area contributed by atoms with E-state index < -0.39 is 10.0 Å². The Morgan fingerprint density at radius 3 is 2.61 bits per heavy atom. The molecule has 1 aromatic heterocycles. The van der Waals surface area contributed by atoms with Crippen LogP contribution in [0.1, 0.15) is 12.5 Å². The minimum Gasteiger partial charge on any atom is -0.486 e. The molecule has 2 aliphatic rings. The molecular weight excluding hydrogens is 320 g/mol. The number of rotatable bonds is 3. The smallest absolute Gasteiger partial charge is 0.243 e. The van der Waals surface area contributed by atoms with Crippen molar-refractivity contribution in [2.75, 3.05) is 26.3 Å². The predicted molar refractivity (Wildman–Crippen MR) is 79.9 cm³/mol. The Morgan fingerprint density at radius 1 is 1.09 bits per heavy atom. The Hall–Kier alpha value is -2.13. The molecule has 4 rings (SSSR count). The Morgan fingerprint density at radius 2 is 1.83 bits per heavy atom. The lowest BCUT2D eigenvalue weighted by Crippen LogP contribution is -2.29. The molecule has 23 heavy (non-hydrogen) atoms. The molecule has 0 spiro atoms. The van der Waals surface area contributed by atoms with Crippen molar-refractivity contribution in [1.29, 1.82) is 0 Å². The summed E-state index contributed by atoms with van der Waals surface area (Å²) >= 11 is 0. The average molecular weight is 336 g/mol. The van der Waals surface area contributed by atoms with Gasteiger partial charge in [-0.3, -0.25) is 0 Å². The van der Waals surface area contributed by atoms with Crippen molar-refractivity contribution in [1.82, 2.24) is 19.3 Å². The van der Waals surface area contributed by atoms with Gasteiger partial charge in [-0.2, -0.15) is 19.3 Å². The van der Waals surface area contributed by atoms with E-state index in [1.54, 1.807) is 29.3 Å². The van der Waals surface area contributed by atoms with Gasteiger partial charge in [0.25, 0.3) is 0 Å². The van der Waals surface area contributed by atoms with Gasteiger partial charge in [0.15, 0.2) is 11.5 Å². The molecule has 1 saturated heterocycles. The maximum atomic E-state index is 12.8. The third kappa shape index (κ3) is 2.55. The third-order valence-corrected chi connectivity index (χ3v) is 5.90. The molecule has 0 bridgehead atoms. The summed E-state index contributed by atoms with van der Waals surface area (Å²) in [6.45, 7) is 1.71. The van der Waals surface area contributed by atoms with Crippen LogP contribution < -0.4 is 9.47 Å². The van der Waals surface area contributed by atoms with Crippen LogP contribution in [0.5, 0.6) is 11.5 Å². The van der Waals surface area contributed by atoms with Crippen LogP contribution in [0.3, 0.4) is 0 Å². The lowest BCUT2D eigenvalue weighted by atomic mass is 10.3. The summed E-state index contributed by atoms with van der Waals surface area (Å²) in [7, 11) is -3.57. The number of hydrogen-bond donors (Lipinski definition) is 0. The van der Waals surface area contributed by atoms with Crippen LogP contribution in [0.15, 0.2) is 35.5 Å². The largest absolute Gasteiger partial charge is 0.486 e. The van der Waals surface area contributed by atoms with Gasteiger partial charge < -0.3 is 9.47 Å². The summed E-state index contributed by atoms with van der Waals surface area (Å²) in [5.74, 6) is 1.05. The number of ether oxygens (including phenoxy) is 2. The first kappa shape index (κ1) is 14.5. The van der Waals surface area contributed by atoms with Gasteiger partial charge in [0.1, 0.15) is 13.2 Å². The van der Waals surface area contributed by atoms with E-state index in [4.69, 9.17) is 9.47 Å². The maximum absolute atomic E-state index is 12.8. The normalized spacial score (nSPS) is 21.5. The SMILES string of the molecule is O=S(=O)(c1ccc2c(c1)OCCO2)N1CC[C@@H](n2nccn2)C1. The Bertz CT molecular complexity index is 806. The van der Waals surface area contributed by atoms with Crippen molar-refractivity contribution in [3.63, 3.8) is 0 Å². The lowest BCUT2D eigenvalue weighted by molar-refractivity contribution is 0.171. The van der Waals surface area contributed by atoms with Crippen molar-refractivity contribution in [2.45, 2.75) is 17.4 Å². The van der Waals surface area contributed by atoms with E-state index >= 15 is 0 Å². The van der Waals surface area contributed by atoms with Crippen molar-refractivity contribution >= 4 is 10.0 Å². The van der Waals surface area contributed by atoms with Crippen LogP contribution in [0.4, 0.5) is 0 Å². The van der Waals surface area contributed by atoms with Crippen molar-refractivity contribution in [3.8, 4) is 11.5 Å². The van der Waals surface area contributed by atoms with Crippen molar-refractivity contribution < 1.29 is 17.9 Å². The first-order valence-corrected chi connectivity index (χ1v) is 8.84. The molecule has 1 aromatic carbocycles. The second-order valence-electron chi connectivity index (χ2n) is 5.46. The van der Waals surface area contributed by atoms with E-state index in [0.717, 1.165) is 0 Å². The summed E-state index contributed by atoms with van der Waals surface area (Å²) in [4.78, 5) is 1.79. The molecule has 0 saturated carbocycles. The number of fused-ring (bicyclic) bond motifs is 1. The van der Waals surface area contributed by atoms with Crippen LogP contribution in [0.2, 0.25) is 0 Å². The topological polar surface area (TPSA) is 86.6 Å². The molecular formula is C14H16N4O4S. The fraction of sp³-hybridized carbons (Fsp3) is 0.429. The molecule has 0 amide bonds. The van der Waals surface area contributed by atoms with Crippen LogP contribution in [0, 0.1) is 0 Å². The molecule has 9 heteroatoms. The molecule has 0 aliphatic carbocycles. The molecule has 2 aromatic rings. The number of sulfonamides is 1. The van der Waals surface area contributed by atoms with Gasteiger partial charge in [-0.15, -0.1) is 0 Å². The van der Waals surface area contributed by atoms with E-state index in [2.05, 4.69) is 10.2 Å². The monoisotopic (exact) mass is 336 g/mol. The van der Waals surface area contributed by atoms with Crippen LogP contribution in [-0.2, 0) is 10.0 Å². The number of nitrogens with zero attached hydrogens (tertiary/aromatic N) is 4. The average Bonchev–Trinajstić information content (AvgIpc) is 3.25. The quantitative estimate of drug-likeness (QED) is 0.819. The van der Waals surface area contributed by atoms with Gasteiger partial charge in [0.2, 0.25) is 10.0 Å². The molecule has 0 radical (unpaired) electrons. The highest BCUT2D eigenvalue weighted by molar-refractivity contribution is 7.89. The summed E-state index contributed by atoms with van der Waals surface area (Å²) < 4.78 is 38.0. The minimum atomic E-state index is -3.57. The molecule has 1 atom stereocenters. The van der Waals surface area contributed by atoms with Gasteiger partial charge in [-0.05, 0) is 18.6 Å². The van der Waals surface area contributed by atoms with Crippen molar-refractivity contribution in [3.05, 3.63) is 30.6 Å². The zero-order chi connectivity index (χ0) is 15.9. The van der Waals surface area contributed by atoms with Crippen LogP contribution in [0.25, 0.3) is 0 Å². The van der Waals surface area contributed by atoms with E-state index in [0.29, 0.717) is 44.2 Å². The summed E-state index contributed by atoms with van der Waals surface area (Å²) in [5.41, 5.74) is 0. The van der Waals surface area contributed by atoms with E-state index in [1.165, 1.54) is 10.4 Å². The fourth-order valence-corrected chi connectivity index (χ4v) is 4.37. The molecule has 0 unspecified atom stereocenters. The molecule has 0 N–H and O–H groups in total. The number of aromatic nitrogens is 3. The highest BCUT2D eigenvalue weighted by atomic mass is 32.2. The predicted octanol–water partition coefficient (Wildman–Crippen LogP) is 0.685. The van der Waals surface area contributed by atoms with Gasteiger partial charge >= 0.3 is 0 Å². The fourth-order valence-electron chi connectivity index (χ4n) is 2.87. The zero-order valence-corrected chi connectivity index (χ0v) is 13.1. The summed E-state index contributed by atoms with van der Waals surface area (Å²) in [5, 5.41) is 8.19. The summed E-state index contributed by atoms with van der Waals surface area (Å²) in [6, 6.07) is 4.70. The van der Waals surface area contributed by atoms with Gasteiger partial charge in [0.05, 0.1) is 23.3 Å². The molecule has 122 valence electrons. The lowest BCUT2D eigenvalue weighted by Gasteiger charge is -2.21. The van der Waals surface area contributed by atoms with Crippen LogP contribution >= 0.6 is 0 Å². The first-order chi connectivity index (χ1) is 11.1. The maximum Gasteiger partial charge on any atom is 0.243 e. The van der Waals surface area contributed by atoms with Crippen molar-refractivity contribution in [2.24, 2.45) is 0 Å². The highest BCUT2D eigenvalue weighted by Gasteiger charge is 2.34. The second-order valence-corrected chi connectivity index (χ2v) is 7.40. The van der Waals surface area contributed by atoms with E-state index in [-0.39, 0.29) is 10.9 Å². The number of benzene rings is 1. The van der Waals surface area contributed by atoms with Gasteiger partial charge in [-0.25, -0.2) is 8.42 Å². The minimum absolute atomic E-state index is 0.0306. The Balaban J connectivity index is 1.58. The Kier molecular flexibility index (Phi) is 3.46. The molecule has 3 heterocycles. The second kappa shape index (κ2) is 5.50.